The summed E-state index contributed by atoms with van der Waals surface area (Å²) in [6.45, 7) is 3.82. The first-order chi connectivity index (χ1) is 14.5. The van der Waals surface area contributed by atoms with Gasteiger partial charge < -0.3 is 15.4 Å². The summed E-state index contributed by atoms with van der Waals surface area (Å²) in [5.41, 5.74) is 4.64. The van der Waals surface area contributed by atoms with E-state index < -0.39 is 5.92 Å². The molecule has 2 aromatic rings. The van der Waals surface area contributed by atoms with Crippen LogP contribution in [0, 0.1) is 6.92 Å². The number of ketones is 1. The molecule has 2 N–H and O–H groups in total. The van der Waals surface area contributed by atoms with E-state index in [1.54, 1.807) is 13.3 Å². The van der Waals surface area contributed by atoms with Crippen LogP contribution in [0.4, 0.5) is 5.82 Å². The zero-order valence-electron chi connectivity index (χ0n) is 17.4. The number of methoxy groups -OCH3 is 1. The van der Waals surface area contributed by atoms with Gasteiger partial charge in [0, 0.05) is 40.7 Å². The third-order valence-corrected chi connectivity index (χ3v) is 5.63. The highest BCUT2D eigenvalue weighted by Crippen LogP contribution is 2.45. The summed E-state index contributed by atoms with van der Waals surface area (Å²) in [5, 5.41) is 6.24. The summed E-state index contributed by atoms with van der Waals surface area (Å²) in [6, 6.07) is 11.3. The second kappa shape index (κ2) is 8.14. The molecule has 0 saturated carbocycles. The maximum absolute atomic E-state index is 13.4. The number of Topliss-reactive ketones (excluding diaryl/α,β-unsaturated/α-hetero) is 1. The van der Waals surface area contributed by atoms with Gasteiger partial charge in [-0.15, -0.1) is 0 Å². The lowest BCUT2D eigenvalue weighted by atomic mass is 9.74. The number of dihydropyridines is 1. The molecule has 4 rings (SSSR count). The average Bonchev–Trinajstić information content (AvgIpc) is 2.72. The van der Waals surface area contributed by atoms with Crippen LogP contribution in [0.25, 0.3) is 0 Å². The smallest absolute Gasteiger partial charge is 0.255 e. The minimum Gasteiger partial charge on any atom is -0.496 e. The first-order valence-corrected chi connectivity index (χ1v) is 10.1. The molecule has 30 heavy (non-hydrogen) atoms. The summed E-state index contributed by atoms with van der Waals surface area (Å²) >= 11 is 0. The van der Waals surface area contributed by atoms with Crippen molar-refractivity contribution in [3.63, 3.8) is 0 Å². The molecule has 0 spiro atoms. The molecule has 1 aromatic carbocycles. The molecule has 0 fully saturated rings. The molecular formula is C24H25N3O3. The quantitative estimate of drug-likeness (QED) is 0.806. The van der Waals surface area contributed by atoms with E-state index in [1.807, 2.05) is 50.2 Å². The second-order valence-electron chi connectivity index (χ2n) is 7.68. The Hall–Kier alpha value is -3.41. The molecule has 1 aromatic heterocycles. The highest BCUT2D eigenvalue weighted by molar-refractivity contribution is 6.09. The van der Waals surface area contributed by atoms with Crippen LogP contribution < -0.4 is 15.4 Å². The van der Waals surface area contributed by atoms with Crippen LogP contribution in [0.15, 0.2) is 65.1 Å². The molecule has 1 aliphatic carbocycles. The van der Waals surface area contributed by atoms with Crippen LogP contribution in [-0.4, -0.2) is 23.8 Å². The van der Waals surface area contributed by atoms with Gasteiger partial charge in [0.15, 0.2) is 5.78 Å². The Bertz CT molecular complexity index is 1080. The summed E-state index contributed by atoms with van der Waals surface area (Å²) in [4.78, 5) is 30.7. The van der Waals surface area contributed by atoms with Gasteiger partial charge in [-0.05, 0) is 50.5 Å². The molecule has 0 saturated heterocycles. The Labute approximate surface area is 176 Å². The van der Waals surface area contributed by atoms with Crippen molar-refractivity contribution in [1.82, 2.24) is 10.3 Å². The predicted molar refractivity (Wildman–Crippen MR) is 115 cm³/mol. The monoisotopic (exact) mass is 403 g/mol. The topological polar surface area (TPSA) is 80.3 Å². The number of aryl methyl sites for hydroxylation is 1. The van der Waals surface area contributed by atoms with Crippen molar-refractivity contribution < 1.29 is 14.3 Å². The van der Waals surface area contributed by atoms with Crippen LogP contribution in [-0.2, 0) is 9.59 Å². The molecule has 1 atom stereocenters. The van der Waals surface area contributed by atoms with E-state index in [1.165, 1.54) is 0 Å². The SMILES string of the molecule is COc1ccccc1[C@H]1C(C(=O)Nc2cc(C)ccn2)=C(C)NC2=C1C(=O)CCC2. The fraction of sp³-hybridized carbons (Fsp3) is 0.292. The van der Waals surface area contributed by atoms with Crippen molar-refractivity contribution in [3.05, 3.63) is 76.3 Å². The number of anilines is 1. The molecule has 2 aliphatic rings. The number of carbonyl (C=O) groups excluding carboxylic acids is 2. The van der Waals surface area contributed by atoms with Crippen molar-refractivity contribution in [2.24, 2.45) is 0 Å². The maximum atomic E-state index is 13.4. The largest absolute Gasteiger partial charge is 0.496 e. The number of ether oxygens (including phenoxy) is 1. The van der Waals surface area contributed by atoms with Crippen LogP contribution in [0.5, 0.6) is 5.75 Å². The highest BCUT2D eigenvalue weighted by Gasteiger charge is 2.39. The maximum Gasteiger partial charge on any atom is 0.255 e. The fourth-order valence-corrected chi connectivity index (χ4v) is 4.29. The number of nitrogens with one attached hydrogen (secondary N) is 2. The predicted octanol–water partition coefficient (Wildman–Crippen LogP) is 4.01. The Morgan fingerprint density at radius 2 is 2.00 bits per heavy atom. The van der Waals surface area contributed by atoms with Crippen LogP contribution in [0.2, 0.25) is 0 Å². The van der Waals surface area contributed by atoms with Gasteiger partial charge in [-0.1, -0.05) is 18.2 Å². The van der Waals surface area contributed by atoms with Gasteiger partial charge in [-0.3, -0.25) is 9.59 Å². The Morgan fingerprint density at radius 1 is 1.20 bits per heavy atom. The third-order valence-electron chi connectivity index (χ3n) is 5.63. The lowest BCUT2D eigenvalue weighted by Gasteiger charge is -2.35. The van der Waals surface area contributed by atoms with E-state index in [-0.39, 0.29) is 11.7 Å². The Balaban J connectivity index is 1.82. The van der Waals surface area contributed by atoms with Crippen LogP contribution >= 0.6 is 0 Å². The number of allylic oxidation sites excluding steroid dienone is 3. The number of hydrogen-bond donors (Lipinski definition) is 2. The van der Waals surface area contributed by atoms with E-state index in [2.05, 4.69) is 15.6 Å². The van der Waals surface area contributed by atoms with Gasteiger partial charge >= 0.3 is 0 Å². The number of benzene rings is 1. The molecule has 1 aliphatic heterocycles. The number of amides is 1. The summed E-state index contributed by atoms with van der Waals surface area (Å²) in [6.07, 6.45) is 3.75. The zero-order chi connectivity index (χ0) is 21.3. The number of aromatic nitrogens is 1. The van der Waals surface area contributed by atoms with Crippen molar-refractivity contribution in [1.29, 1.82) is 0 Å². The van der Waals surface area contributed by atoms with Gasteiger partial charge in [0.2, 0.25) is 0 Å². The molecule has 0 unspecified atom stereocenters. The minimum absolute atomic E-state index is 0.0751. The molecular weight excluding hydrogens is 378 g/mol. The number of carbonyl (C=O) groups is 2. The first-order valence-electron chi connectivity index (χ1n) is 10.1. The summed E-state index contributed by atoms with van der Waals surface area (Å²) in [7, 11) is 1.60. The molecule has 6 heteroatoms. The lowest BCUT2D eigenvalue weighted by Crippen LogP contribution is -2.35. The molecule has 0 bridgehead atoms. The number of hydrogen-bond acceptors (Lipinski definition) is 5. The average molecular weight is 403 g/mol. The summed E-state index contributed by atoms with van der Waals surface area (Å²) < 4.78 is 5.59. The molecule has 1 amide bonds. The van der Waals surface area contributed by atoms with Crippen molar-refractivity contribution in [2.45, 2.75) is 39.0 Å². The molecule has 154 valence electrons. The normalized spacial score (nSPS) is 18.6. The standard InChI is InChI=1S/C24H25N3O3/c1-14-11-12-25-20(13-14)27-24(29)21-15(2)26-17-8-6-9-18(28)23(17)22(21)16-7-4-5-10-19(16)30-3/h4-5,7,10-13,22,26H,6,8-9H2,1-3H3,(H,25,27,29)/t22-/m0/s1. The van der Waals surface area contributed by atoms with Crippen molar-refractivity contribution in [3.8, 4) is 5.75 Å². The third kappa shape index (κ3) is 3.61. The molecule has 6 nitrogen and oxygen atoms in total. The summed E-state index contributed by atoms with van der Waals surface area (Å²) in [5.74, 6) is 0.440. The number of pyridine rings is 1. The van der Waals surface area contributed by atoms with Gasteiger partial charge in [0.1, 0.15) is 11.6 Å². The van der Waals surface area contributed by atoms with Crippen LogP contribution in [0.1, 0.15) is 43.2 Å². The van der Waals surface area contributed by atoms with E-state index in [9.17, 15) is 9.59 Å². The Kier molecular flexibility index (Phi) is 5.40. The van der Waals surface area contributed by atoms with Gasteiger partial charge in [-0.25, -0.2) is 4.98 Å². The minimum atomic E-state index is -0.491. The van der Waals surface area contributed by atoms with E-state index in [0.717, 1.165) is 35.4 Å². The van der Waals surface area contributed by atoms with E-state index in [4.69, 9.17) is 4.74 Å². The fourth-order valence-electron chi connectivity index (χ4n) is 4.29. The number of para-hydroxylation sites is 1. The first kappa shape index (κ1) is 19.9. The molecule has 0 radical (unpaired) electrons. The number of rotatable bonds is 4. The highest BCUT2D eigenvalue weighted by atomic mass is 16.5. The van der Waals surface area contributed by atoms with Gasteiger partial charge in [-0.2, -0.15) is 0 Å². The second-order valence-corrected chi connectivity index (χ2v) is 7.68. The van der Waals surface area contributed by atoms with Crippen molar-refractivity contribution >= 4 is 17.5 Å². The number of nitrogens with zero attached hydrogens (tertiary/aromatic N) is 1. The van der Waals surface area contributed by atoms with Crippen LogP contribution in [0.3, 0.4) is 0 Å². The van der Waals surface area contributed by atoms with Crippen molar-refractivity contribution in [2.75, 3.05) is 12.4 Å². The lowest BCUT2D eigenvalue weighted by molar-refractivity contribution is -0.116. The zero-order valence-corrected chi connectivity index (χ0v) is 17.4. The Morgan fingerprint density at radius 3 is 2.77 bits per heavy atom. The van der Waals surface area contributed by atoms with E-state index >= 15 is 0 Å². The van der Waals surface area contributed by atoms with Gasteiger partial charge in [0.25, 0.3) is 5.91 Å². The molecule has 2 heterocycles. The van der Waals surface area contributed by atoms with Gasteiger partial charge in [0.05, 0.1) is 13.0 Å². The van der Waals surface area contributed by atoms with E-state index in [0.29, 0.717) is 29.1 Å².